The summed E-state index contributed by atoms with van der Waals surface area (Å²) >= 11 is 0. The lowest BCUT2D eigenvalue weighted by atomic mass is 10.0. The molecule has 0 unspecified atom stereocenters. The Labute approximate surface area is 156 Å². The van der Waals surface area contributed by atoms with Gasteiger partial charge in [0.25, 0.3) is 12.0 Å². The van der Waals surface area contributed by atoms with Gasteiger partial charge >= 0.3 is 0 Å². The van der Waals surface area contributed by atoms with Gasteiger partial charge in [-0.05, 0) is 37.8 Å². The van der Waals surface area contributed by atoms with Gasteiger partial charge in [-0.15, -0.1) is 10.2 Å². The van der Waals surface area contributed by atoms with Crippen LogP contribution in [0.1, 0.15) is 31.5 Å². The van der Waals surface area contributed by atoms with Crippen molar-refractivity contribution in [2.45, 2.75) is 31.3 Å². The number of benzene rings is 1. The fourth-order valence-electron chi connectivity index (χ4n) is 4.06. The van der Waals surface area contributed by atoms with Gasteiger partial charge in [0.2, 0.25) is 11.6 Å². The molecule has 0 bridgehead atoms. The smallest absolute Gasteiger partial charge is 0.296 e. The molecule has 0 aliphatic heterocycles. The topological polar surface area (TPSA) is 107 Å². The molecule has 9 nitrogen and oxygen atoms in total. The molecule has 1 aromatic carbocycles. The Bertz CT molecular complexity index is 1360. The van der Waals surface area contributed by atoms with Crippen LogP contribution in [0.25, 0.3) is 33.9 Å². The molecule has 0 radical (unpaired) electrons. The molecule has 4 heterocycles. The second kappa shape index (κ2) is 5.32. The number of para-hydroxylation sites is 1. The summed E-state index contributed by atoms with van der Waals surface area (Å²) in [5.41, 5.74) is 0.515. The maximum Gasteiger partial charge on any atom is 0.296 e. The van der Waals surface area contributed by atoms with E-state index in [-0.39, 0.29) is 17.5 Å². The SMILES string of the molecule is OC1(c2noc(-c3nnc4c5ccccc5n5c(F)ncc5n34)n2)CCCC1. The molecule has 1 aliphatic rings. The quantitative estimate of drug-likeness (QED) is 0.502. The Morgan fingerprint density at radius 1 is 1.11 bits per heavy atom. The van der Waals surface area contributed by atoms with Crippen LogP contribution in [0.4, 0.5) is 4.39 Å². The Hall–Kier alpha value is -3.40. The lowest BCUT2D eigenvalue weighted by Crippen LogP contribution is -2.22. The van der Waals surface area contributed by atoms with Crippen LogP contribution in [0.3, 0.4) is 0 Å². The van der Waals surface area contributed by atoms with Gasteiger partial charge < -0.3 is 9.63 Å². The van der Waals surface area contributed by atoms with Gasteiger partial charge in [0, 0.05) is 5.39 Å². The first-order valence-corrected chi connectivity index (χ1v) is 9.01. The number of rotatable bonds is 2. The van der Waals surface area contributed by atoms with E-state index in [4.69, 9.17) is 4.52 Å². The predicted molar refractivity (Wildman–Crippen MR) is 94.9 cm³/mol. The number of aromatic nitrogens is 7. The van der Waals surface area contributed by atoms with Crippen molar-refractivity contribution in [2.24, 2.45) is 0 Å². The summed E-state index contributed by atoms with van der Waals surface area (Å²) in [7, 11) is 0. The molecule has 1 fully saturated rings. The summed E-state index contributed by atoms with van der Waals surface area (Å²) in [6, 6.07) is 7.30. The number of aliphatic hydroxyl groups is 1. The highest BCUT2D eigenvalue weighted by Gasteiger charge is 2.38. The van der Waals surface area contributed by atoms with E-state index in [2.05, 4.69) is 25.3 Å². The molecule has 0 spiro atoms. The third-order valence-corrected chi connectivity index (χ3v) is 5.44. The zero-order chi connectivity index (χ0) is 18.9. The molecule has 1 saturated carbocycles. The molecule has 10 heteroatoms. The van der Waals surface area contributed by atoms with Gasteiger partial charge in [0.15, 0.2) is 5.65 Å². The normalized spacial score (nSPS) is 16.6. The van der Waals surface area contributed by atoms with Gasteiger partial charge in [0.05, 0.1) is 11.7 Å². The van der Waals surface area contributed by atoms with Crippen molar-refractivity contribution < 1.29 is 14.0 Å². The number of hydrogen-bond acceptors (Lipinski definition) is 7. The number of imidazole rings is 1. The van der Waals surface area contributed by atoms with Gasteiger partial charge in [0.1, 0.15) is 11.2 Å². The van der Waals surface area contributed by atoms with Crippen molar-refractivity contribution in [3.63, 3.8) is 0 Å². The second-order valence-electron chi connectivity index (χ2n) is 7.08. The molecule has 4 aromatic heterocycles. The Morgan fingerprint density at radius 2 is 1.93 bits per heavy atom. The van der Waals surface area contributed by atoms with E-state index in [1.54, 1.807) is 10.5 Å². The average molecular weight is 379 g/mol. The van der Waals surface area contributed by atoms with Crippen LogP contribution in [0.5, 0.6) is 0 Å². The molecule has 140 valence electrons. The number of hydrogen-bond donors (Lipinski definition) is 1. The minimum Gasteiger partial charge on any atom is -0.382 e. The minimum atomic E-state index is -1.08. The molecule has 0 atom stereocenters. The number of nitrogens with zero attached hydrogens (tertiary/aromatic N) is 7. The van der Waals surface area contributed by atoms with E-state index in [1.165, 1.54) is 10.6 Å². The maximum atomic E-state index is 14.4. The van der Waals surface area contributed by atoms with Crippen molar-refractivity contribution in [1.29, 1.82) is 0 Å². The van der Waals surface area contributed by atoms with Crippen molar-refractivity contribution in [3.05, 3.63) is 42.4 Å². The summed E-state index contributed by atoms with van der Waals surface area (Å²) in [5.74, 6) is 0.626. The lowest BCUT2D eigenvalue weighted by Gasteiger charge is -2.16. The second-order valence-corrected chi connectivity index (χ2v) is 7.08. The van der Waals surface area contributed by atoms with E-state index in [0.717, 1.165) is 12.8 Å². The number of halogens is 1. The summed E-state index contributed by atoms with van der Waals surface area (Å²) in [6.07, 6.45) is 3.78. The molecule has 0 saturated heterocycles. The average Bonchev–Trinajstić information content (AvgIpc) is 3.47. The fourth-order valence-corrected chi connectivity index (χ4v) is 4.06. The molecule has 0 amide bonds. The summed E-state index contributed by atoms with van der Waals surface area (Å²) in [4.78, 5) is 8.18. The first-order chi connectivity index (χ1) is 13.7. The Kier molecular flexibility index (Phi) is 2.97. The van der Waals surface area contributed by atoms with Gasteiger partial charge in [-0.3, -0.25) is 8.80 Å². The highest BCUT2D eigenvalue weighted by molar-refractivity contribution is 5.94. The van der Waals surface area contributed by atoms with E-state index in [1.807, 2.05) is 18.2 Å². The van der Waals surface area contributed by atoms with Gasteiger partial charge in [-0.25, -0.2) is 4.98 Å². The van der Waals surface area contributed by atoms with Crippen LogP contribution in [0, 0.1) is 6.08 Å². The van der Waals surface area contributed by atoms with Crippen molar-refractivity contribution in [1.82, 2.24) is 34.1 Å². The molecular formula is C18H14FN7O2. The lowest BCUT2D eigenvalue weighted by molar-refractivity contribution is 0.0328. The van der Waals surface area contributed by atoms with E-state index in [9.17, 15) is 9.50 Å². The molecule has 1 aliphatic carbocycles. The van der Waals surface area contributed by atoms with Crippen LogP contribution in [-0.2, 0) is 5.60 Å². The number of fused-ring (bicyclic) bond motifs is 6. The summed E-state index contributed by atoms with van der Waals surface area (Å²) < 4.78 is 22.8. The zero-order valence-electron chi connectivity index (χ0n) is 14.6. The van der Waals surface area contributed by atoms with Crippen LogP contribution in [0.2, 0.25) is 0 Å². The largest absolute Gasteiger partial charge is 0.382 e. The summed E-state index contributed by atoms with van der Waals surface area (Å²) in [6.45, 7) is 0. The third kappa shape index (κ3) is 1.95. The van der Waals surface area contributed by atoms with E-state index in [0.29, 0.717) is 35.0 Å². The van der Waals surface area contributed by atoms with Gasteiger partial charge in [-0.2, -0.15) is 9.37 Å². The molecular weight excluding hydrogens is 365 g/mol. The van der Waals surface area contributed by atoms with E-state index >= 15 is 0 Å². The van der Waals surface area contributed by atoms with Crippen molar-refractivity contribution >= 4 is 22.2 Å². The van der Waals surface area contributed by atoms with Crippen LogP contribution in [0.15, 0.2) is 35.0 Å². The van der Waals surface area contributed by atoms with Crippen LogP contribution < -0.4 is 0 Å². The fraction of sp³-hybridized carbons (Fsp3) is 0.278. The predicted octanol–water partition coefficient (Wildman–Crippen LogP) is 2.48. The van der Waals surface area contributed by atoms with Crippen LogP contribution >= 0.6 is 0 Å². The van der Waals surface area contributed by atoms with Crippen molar-refractivity contribution in [3.8, 4) is 11.7 Å². The van der Waals surface area contributed by atoms with Crippen LogP contribution in [-0.4, -0.2) is 39.2 Å². The highest BCUT2D eigenvalue weighted by atomic mass is 19.1. The van der Waals surface area contributed by atoms with E-state index < -0.39 is 11.7 Å². The first-order valence-electron chi connectivity index (χ1n) is 9.01. The first kappa shape index (κ1) is 15.6. The van der Waals surface area contributed by atoms with Crippen molar-refractivity contribution in [2.75, 3.05) is 0 Å². The Balaban J connectivity index is 1.65. The maximum absolute atomic E-state index is 14.4. The minimum absolute atomic E-state index is 0.113. The molecule has 28 heavy (non-hydrogen) atoms. The summed E-state index contributed by atoms with van der Waals surface area (Å²) in [5, 5.41) is 23.9. The Morgan fingerprint density at radius 3 is 2.79 bits per heavy atom. The van der Waals surface area contributed by atoms with Gasteiger partial charge in [-0.1, -0.05) is 17.3 Å². The third-order valence-electron chi connectivity index (χ3n) is 5.44. The zero-order valence-corrected chi connectivity index (χ0v) is 14.6. The molecule has 5 aromatic rings. The highest BCUT2D eigenvalue weighted by Crippen LogP contribution is 2.37. The standard InChI is InChI=1S/C18H14FN7O2/c19-17-20-9-12-25(17)11-6-2-1-5-10(11)13-22-23-14(26(12)13)15-21-16(24-28-15)18(27)7-3-4-8-18/h1-2,5-6,9,27H,3-4,7-8H2. The molecule has 1 N–H and O–H groups in total. The molecule has 6 rings (SSSR count). The monoisotopic (exact) mass is 379 g/mol.